The Kier molecular flexibility index (Phi) is 5.59. The number of ether oxygens (including phenoxy) is 1. The van der Waals surface area contributed by atoms with E-state index in [1.165, 1.54) is 23.3 Å². The van der Waals surface area contributed by atoms with Crippen molar-refractivity contribution in [2.75, 3.05) is 13.2 Å². The molecule has 0 aliphatic carbocycles. The normalized spacial score (nSPS) is 19.1. The van der Waals surface area contributed by atoms with Crippen molar-refractivity contribution in [1.82, 2.24) is 14.3 Å². The van der Waals surface area contributed by atoms with Crippen LogP contribution in [0.2, 0.25) is 0 Å². The fraction of sp³-hybridized carbons (Fsp3) is 0.364. The Labute approximate surface area is 171 Å². The predicted molar refractivity (Wildman–Crippen MR) is 113 cm³/mol. The summed E-state index contributed by atoms with van der Waals surface area (Å²) in [6.07, 6.45) is 2.41. The zero-order chi connectivity index (χ0) is 19.5. The van der Waals surface area contributed by atoms with Crippen LogP contribution in [0.25, 0.3) is 11.4 Å². The highest BCUT2D eigenvalue weighted by atomic mass is 32.1. The molecule has 0 amide bonds. The number of benzene rings is 2. The van der Waals surface area contributed by atoms with E-state index in [-0.39, 0.29) is 0 Å². The second-order valence-electron chi connectivity index (χ2n) is 7.29. The minimum absolute atomic E-state index is 0.472. The van der Waals surface area contributed by atoms with Crippen LogP contribution in [-0.2, 0) is 13.7 Å². The summed E-state index contributed by atoms with van der Waals surface area (Å²) in [6.45, 7) is 4.63. The average molecular weight is 396 g/mol. The van der Waals surface area contributed by atoms with E-state index in [9.17, 15) is 0 Å². The lowest BCUT2D eigenvalue weighted by molar-refractivity contribution is -0.941. The monoisotopic (exact) mass is 395 g/mol. The van der Waals surface area contributed by atoms with Gasteiger partial charge >= 0.3 is 0 Å². The quantitative estimate of drug-likeness (QED) is 0.650. The highest BCUT2D eigenvalue weighted by molar-refractivity contribution is 7.71. The fourth-order valence-electron chi connectivity index (χ4n) is 4.09. The van der Waals surface area contributed by atoms with Gasteiger partial charge in [0.15, 0.2) is 12.5 Å². The van der Waals surface area contributed by atoms with Crippen LogP contribution in [0.4, 0.5) is 0 Å². The van der Waals surface area contributed by atoms with Crippen molar-refractivity contribution in [1.29, 1.82) is 0 Å². The molecule has 1 aromatic heterocycles. The lowest BCUT2D eigenvalue weighted by Gasteiger charge is -2.21. The maximum Gasteiger partial charge on any atom is 0.202 e. The van der Waals surface area contributed by atoms with Gasteiger partial charge in [-0.15, -0.1) is 5.10 Å². The van der Waals surface area contributed by atoms with Crippen molar-refractivity contribution in [3.8, 4) is 17.1 Å². The molecule has 0 bridgehead atoms. The number of hydrogen-bond acceptors (Lipinski definition) is 3. The van der Waals surface area contributed by atoms with Gasteiger partial charge in [-0.25, -0.2) is 0 Å². The van der Waals surface area contributed by atoms with Crippen LogP contribution >= 0.6 is 12.2 Å². The third-order valence-corrected chi connectivity index (χ3v) is 5.99. The standard InChI is InChI=1S/C22H26N4OS/c1-3-27-19-13-11-17(12-14-19)20-10-7-15-25(20)16-26-22(28)24(2)21(23-26)18-8-5-4-6-9-18/h4-6,8-9,11-14,20H,3,7,10,15-16H2,1-2H3/p+1/t20-/m1/s1. The maximum absolute atomic E-state index is 5.68. The van der Waals surface area contributed by atoms with Crippen LogP contribution in [0.1, 0.15) is 31.4 Å². The van der Waals surface area contributed by atoms with E-state index in [0.29, 0.717) is 12.6 Å². The number of nitrogens with one attached hydrogen (secondary N) is 1. The molecular weight excluding hydrogens is 368 g/mol. The summed E-state index contributed by atoms with van der Waals surface area (Å²) in [6, 6.07) is 19.3. The topological polar surface area (TPSA) is 36.4 Å². The summed E-state index contributed by atoms with van der Waals surface area (Å²) in [5, 5.41) is 4.84. The zero-order valence-corrected chi connectivity index (χ0v) is 17.3. The number of likely N-dealkylation sites (tertiary alicyclic amines) is 1. The molecule has 5 nitrogen and oxygen atoms in total. The van der Waals surface area contributed by atoms with Crippen molar-refractivity contribution < 1.29 is 9.64 Å². The first-order valence-electron chi connectivity index (χ1n) is 9.94. The molecule has 3 aromatic rings. The average Bonchev–Trinajstić information content (AvgIpc) is 3.30. The van der Waals surface area contributed by atoms with Crippen molar-refractivity contribution in [2.24, 2.45) is 7.05 Å². The van der Waals surface area contributed by atoms with Gasteiger partial charge in [0.25, 0.3) is 0 Å². The Balaban J connectivity index is 1.56. The van der Waals surface area contributed by atoms with Crippen molar-refractivity contribution in [3.63, 3.8) is 0 Å². The summed E-state index contributed by atoms with van der Waals surface area (Å²) in [5.74, 6) is 1.85. The van der Waals surface area contributed by atoms with Gasteiger partial charge in [-0.2, -0.15) is 4.68 Å². The number of nitrogens with zero attached hydrogens (tertiary/aromatic N) is 3. The Bertz CT molecular complexity index is 978. The van der Waals surface area contributed by atoms with Crippen LogP contribution in [0.15, 0.2) is 54.6 Å². The molecule has 1 aliphatic heterocycles. The van der Waals surface area contributed by atoms with E-state index in [1.54, 1.807) is 0 Å². The zero-order valence-electron chi connectivity index (χ0n) is 16.5. The minimum Gasteiger partial charge on any atom is -0.494 e. The predicted octanol–water partition coefficient (Wildman–Crippen LogP) is 3.39. The minimum atomic E-state index is 0.472. The van der Waals surface area contributed by atoms with E-state index in [2.05, 4.69) is 36.4 Å². The molecule has 1 aliphatic rings. The number of hydrogen-bond donors (Lipinski definition) is 1. The molecule has 6 heteroatoms. The van der Waals surface area contributed by atoms with E-state index in [1.807, 2.05) is 41.4 Å². The summed E-state index contributed by atoms with van der Waals surface area (Å²) in [7, 11) is 2.00. The molecular formula is C22H27N4OS+. The molecule has 1 unspecified atom stereocenters. The van der Waals surface area contributed by atoms with E-state index in [0.717, 1.165) is 35.1 Å². The van der Waals surface area contributed by atoms with Crippen LogP contribution in [0.5, 0.6) is 5.75 Å². The van der Waals surface area contributed by atoms with E-state index < -0.39 is 0 Å². The SMILES string of the molecule is CCOc1ccc([C@H]2CCC[NH+]2Cn2nc(-c3ccccc3)n(C)c2=S)cc1. The molecule has 4 rings (SSSR count). The molecule has 28 heavy (non-hydrogen) atoms. The largest absolute Gasteiger partial charge is 0.494 e. The lowest BCUT2D eigenvalue weighted by atomic mass is 10.0. The van der Waals surface area contributed by atoms with E-state index in [4.69, 9.17) is 22.1 Å². The molecule has 0 spiro atoms. The first-order chi connectivity index (χ1) is 13.7. The Hall–Kier alpha value is -2.44. The molecule has 0 saturated carbocycles. The summed E-state index contributed by atoms with van der Waals surface area (Å²) >= 11 is 5.68. The Morgan fingerprint density at radius 3 is 2.61 bits per heavy atom. The molecule has 2 heterocycles. The van der Waals surface area contributed by atoms with Gasteiger partial charge in [0.1, 0.15) is 11.8 Å². The molecule has 1 N–H and O–H groups in total. The van der Waals surface area contributed by atoms with E-state index >= 15 is 0 Å². The van der Waals surface area contributed by atoms with Gasteiger partial charge in [0.05, 0.1) is 13.2 Å². The van der Waals surface area contributed by atoms with Crippen molar-refractivity contribution >= 4 is 12.2 Å². The molecule has 146 valence electrons. The van der Waals surface area contributed by atoms with Crippen LogP contribution in [0, 0.1) is 4.77 Å². The highest BCUT2D eigenvalue weighted by Crippen LogP contribution is 2.22. The van der Waals surface area contributed by atoms with Crippen LogP contribution < -0.4 is 9.64 Å². The number of rotatable bonds is 6. The van der Waals surface area contributed by atoms with Gasteiger partial charge < -0.3 is 14.2 Å². The Morgan fingerprint density at radius 1 is 1.14 bits per heavy atom. The van der Waals surface area contributed by atoms with Gasteiger partial charge in [0, 0.05) is 31.0 Å². The smallest absolute Gasteiger partial charge is 0.202 e. The molecule has 0 radical (unpaired) electrons. The lowest BCUT2D eigenvalue weighted by Crippen LogP contribution is -3.09. The summed E-state index contributed by atoms with van der Waals surface area (Å²) in [4.78, 5) is 1.51. The van der Waals surface area contributed by atoms with Crippen LogP contribution in [-0.4, -0.2) is 27.5 Å². The molecule has 1 fully saturated rings. The first-order valence-corrected chi connectivity index (χ1v) is 10.3. The second-order valence-corrected chi connectivity index (χ2v) is 7.66. The van der Waals surface area contributed by atoms with Crippen molar-refractivity contribution in [3.05, 3.63) is 64.9 Å². The fourth-order valence-corrected chi connectivity index (χ4v) is 4.28. The second kappa shape index (κ2) is 8.29. The maximum atomic E-state index is 5.68. The van der Waals surface area contributed by atoms with Gasteiger partial charge in [-0.1, -0.05) is 30.3 Å². The first kappa shape index (κ1) is 18.9. The number of quaternary nitrogens is 1. The molecule has 1 saturated heterocycles. The van der Waals surface area contributed by atoms with Gasteiger partial charge in [-0.05, 0) is 43.4 Å². The highest BCUT2D eigenvalue weighted by Gasteiger charge is 2.31. The summed E-state index contributed by atoms with van der Waals surface area (Å²) < 4.78 is 10.3. The Morgan fingerprint density at radius 2 is 1.89 bits per heavy atom. The summed E-state index contributed by atoms with van der Waals surface area (Å²) in [5.41, 5.74) is 2.45. The third-order valence-electron chi connectivity index (χ3n) is 5.50. The van der Waals surface area contributed by atoms with Crippen molar-refractivity contribution in [2.45, 2.75) is 32.5 Å². The number of aromatic nitrogens is 3. The molecule has 2 atom stereocenters. The third kappa shape index (κ3) is 3.75. The van der Waals surface area contributed by atoms with Gasteiger partial charge in [0.2, 0.25) is 4.77 Å². The van der Waals surface area contributed by atoms with Gasteiger partial charge in [-0.3, -0.25) is 0 Å². The molecule has 2 aromatic carbocycles. The van der Waals surface area contributed by atoms with Crippen LogP contribution in [0.3, 0.4) is 0 Å².